The van der Waals surface area contributed by atoms with Crippen LogP contribution >= 0.6 is 0 Å². The molecule has 0 spiro atoms. The van der Waals surface area contributed by atoms with Crippen molar-refractivity contribution in [3.63, 3.8) is 0 Å². The van der Waals surface area contributed by atoms with Gasteiger partial charge in [-0.15, -0.1) is 0 Å². The third-order valence-corrected chi connectivity index (χ3v) is 13.0. The molecule has 0 fully saturated rings. The van der Waals surface area contributed by atoms with E-state index in [0.29, 0.717) is 0 Å². The topological polar surface area (TPSA) is 9.86 Å². The van der Waals surface area contributed by atoms with E-state index >= 15 is 0 Å². The maximum Gasteiger partial charge on any atom is 0.0535 e. The summed E-state index contributed by atoms with van der Waals surface area (Å²) in [5.74, 6) is 0. The van der Waals surface area contributed by atoms with Gasteiger partial charge in [0.1, 0.15) is 0 Å². The molecule has 0 aliphatic rings. The molecule has 0 saturated carbocycles. The number of hydrogen-bond donors (Lipinski definition) is 0. The fourth-order valence-electron chi connectivity index (χ4n) is 9.96. The summed E-state index contributed by atoms with van der Waals surface area (Å²) in [7, 11) is 0. The van der Waals surface area contributed by atoms with E-state index in [9.17, 15) is 0 Å². The Kier molecular flexibility index (Phi) is 9.89. The molecule has 0 unspecified atom stereocenters. The van der Waals surface area contributed by atoms with Crippen LogP contribution in [0, 0.1) is 0 Å². The summed E-state index contributed by atoms with van der Waals surface area (Å²) in [6.45, 7) is 0. The van der Waals surface area contributed by atoms with Crippen LogP contribution in [0.1, 0.15) is 0 Å². The van der Waals surface area contributed by atoms with E-state index in [1.165, 1.54) is 77.2 Å². The second-order valence-corrected chi connectivity index (χ2v) is 16.9. The van der Waals surface area contributed by atoms with Crippen molar-refractivity contribution in [3.05, 3.63) is 267 Å². The zero-order valence-corrected chi connectivity index (χ0v) is 36.3. The Labute approximate surface area is 385 Å². The van der Waals surface area contributed by atoms with Gasteiger partial charge in [0.05, 0.1) is 22.8 Å². The third kappa shape index (κ3) is 6.93. The highest BCUT2D eigenvalue weighted by Crippen LogP contribution is 2.47. The summed E-state index contributed by atoms with van der Waals surface area (Å²) in [6.07, 6.45) is 0. The first-order valence-electron chi connectivity index (χ1n) is 22.7. The van der Waals surface area contributed by atoms with Crippen LogP contribution < -0.4 is 0 Å². The molecule has 2 nitrogen and oxygen atoms in total. The van der Waals surface area contributed by atoms with Gasteiger partial charge in [-0.05, 0) is 132 Å². The Hall–Kier alpha value is -8.72. The molecule has 310 valence electrons. The third-order valence-electron chi connectivity index (χ3n) is 13.0. The van der Waals surface area contributed by atoms with Crippen LogP contribution in [-0.4, -0.2) is 9.13 Å². The fraction of sp³-hybridized carbons (Fsp3) is 0. The van der Waals surface area contributed by atoms with Crippen LogP contribution in [0.4, 0.5) is 0 Å². The lowest BCUT2D eigenvalue weighted by Crippen LogP contribution is -2.02. The van der Waals surface area contributed by atoms with E-state index in [2.05, 4.69) is 276 Å². The minimum absolute atomic E-state index is 1.10. The van der Waals surface area contributed by atoms with Crippen LogP contribution in [-0.2, 0) is 0 Å². The largest absolute Gasteiger partial charge is 0.309 e. The smallest absolute Gasteiger partial charge is 0.0535 e. The number of hydrogen-bond acceptors (Lipinski definition) is 0. The molecule has 0 aliphatic carbocycles. The van der Waals surface area contributed by atoms with Crippen molar-refractivity contribution >= 4 is 21.5 Å². The summed E-state index contributed by atoms with van der Waals surface area (Å²) in [4.78, 5) is 0. The zero-order valence-electron chi connectivity index (χ0n) is 36.3. The normalized spacial score (nSPS) is 11.3. The number of nitrogens with zero attached hydrogens (tertiary/aromatic N) is 2. The molecule has 0 bridgehead atoms. The van der Waals surface area contributed by atoms with Gasteiger partial charge in [0, 0.05) is 11.4 Å². The molecule has 2 heteroatoms. The number of rotatable bonds is 9. The zero-order chi connectivity index (χ0) is 43.8. The van der Waals surface area contributed by atoms with Crippen molar-refractivity contribution in [1.82, 2.24) is 9.13 Å². The molecule has 12 aromatic rings. The van der Waals surface area contributed by atoms with Gasteiger partial charge in [0.2, 0.25) is 0 Å². The second kappa shape index (κ2) is 16.8. The first-order chi connectivity index (χ1) is 32.8. The minimum Gasteiger partial charge on any atom is -0.309 e. The molecular formula is C64H44N2. The molecule has 0 N–H and O–H groups in total. The highest BCUT2D eigenvalue weighted by Gasteiger charge is 2.22. The van der Waals surface area contributed by atoms with Crippen molar-refractivity contribution in [1.29, 1.82) is 0 Å². The summed E-state index contributed by atoms with van der Waals surface area (Å²) in [5, 5.41) is 4.78. The van der Waals surface area contributed by atoms with Crippen LogP contribution in [0.15, 0.2) is 267 Å². The molecule has 2 aromatic heterocycles. The quantitative estimate of drug-likeness (QED) is 0.128. The Balaban J connectivity index is 1.19. The number of benzene rings is 10. The molecular weight excluding hydrogens is 797 g/mol. The number of aromatic nitrogens is 2. The van der Waals surface area contributed by atoms with Gasteiger partial charge < -0.3 is 9.13 Å². The first kappa shape index (κ1) is 38.9. The maximum atomic E-state index is 2.44. The van der Waals surface area contributed by atoms with E-state index in [-0.39, 0.29) is 0 Å². The van der Waals surface area contributed by atoms with Crippen molar-refractivity contribution in [2.24, 2.45) is 0 Å². The van der Waals surface area contributed by atoms with Crippen molar-refractivity contribution in [2.45, 2.75) is 0 Å². The Morgan fingerprint density at radius 3 is 0.864 bits per heavy atom. The lowest BCUT2D eigenvalue weighted by Gasteiger charge is -2.22. The van der Waals surface area contributed by atoms with Gasteiger partial charge in [-0.3, -0.25) is 0 Å². The van der Waals surface area contributed by atoms with Gasteiger partial charge in [0.25, 0.3) is 0 Å². The van der Waals surface area contributed by atoms with E-state index in [0.717, 1.165) is 34.2 Å². The average molecular weight is 841 g/mol. The molecule has 66 heavy (non-hydrogen) atoms. The van der Waals surface area contributed by atoms with E-state index in [1.807, 2.05) is 0 Å². The van der Waals surface area contributed by atoms with Crippen molar-refractivity contribution in [2.75, 3.05) is 0 Å². The second-order valence-electron chi connectivity index (χ2n) is 16.9. The van der Waals surface area contributed by atoms with Gasteiger partial charge in [-0.25, -0.2) is 0 Å². The molecule has 0 radical (unpaired) electrons. The van der Waals surface area contributed by atoms with Gasteiger partial charge in [-0.1, -0.05) is 212 Å². The first-order valence-corrected chi connectivity index (χ1v) is 22.7. The molecule has 12 rings (SSSR count). The Morgan fingerprint density at radius 2 is 0.485 bits per heavy atom. The predicted octanol–water partition coefficient (Wildman–Crippen LogP) is 17.2. The monoisotopic (exact) mass is 840 g/mol. The number of fused-ring (bicyclic) bond motifs is 2. The molecule has 0 amide bonds. The van der Waals surface area contributed by atoms with Crippen molar-refractivity contribution < 1.29 is 0 Å². The summed E-state index contributed by atoms with van der Waals surface area (Å²) < 4.78 is 4.87. The summed E-state index contributed by atoms with van der Waals surface area (Å²) >= 11 is 0. The van der Waals surface area contributed by atoms with E-state index in [1.54, 1.807) is 0 Å². The van der Waals surface area contributed by atoms with Crippen LogP contribution in [0.3, 0.4) is 0 Å². The van der Waals surface area contributed by atoms with Crippen LogP contribution in [0.2, 0.25) is 0 Å². The highest BCUT2D eigenvalue weighted by molar-refractivity contribution is 6.22. The Bertz CT molecular complexity index is 3530. The highest BCUT2D eigenvalue weighted by atomic mass is 15.0. The molecule has 10 aromatic carbocycles. The van der Waals surface area contributed by atoms with E-state index < -0.39 is 0 Å². The van der Waals surface area contributed by atoms with E-state index in [4.69, 9.17) is 0 Å². The summed E-state index contributed by atoms with van der Waals surface area (Å²) in [5.41, 5.74) is 18.6. The molecule has 0 aliphatic heterocycles. The van der Waals surface area contributed by atoms with Gasteiger partial charge >= 0.3 is 0 Å². The summed E-state index contributed by atoms with van der Waals surface area (Å²) in [6, 6.07) is 97.1. The molecule has 0 saturated heterocycles. The predicted molar refractivity (Wildman–Crippen MR) is 278 cm³/mol. The van der Waals surface area contributed by atoms with Gasteiger partial charge in [-0.2, -0.15) is 0 Å². The fourth-order valence-corrected chi connectivity index (χ4v) is 9.96. The average Bonchev–Trinajstić information content (AvgIpc) is 4.06. The Morgan fingerprint density at radius 1 is 0.182 bits per heavy atom. The van der Waals surface area contributed by atoms with Crippen LogP contribution in [0.5, 0.6) is 0 Å². The maximum absolute atomic E-state index is 2.44. The van der Waals surface area contributed by atoms with Crippen LogP contribution in [0.25, 0.3) is 111 Å². The van der Waals surface area contributed by atoms with Gasteiger partial charge in [0.15, 0.2) is 0 Å². The lowest BCUT2D eigenvalue weighted by atomic mass is 9.85. The molecule has 2 heterocycles. The lowest BCUT2D eigenvalue weighted by molar-refractivity contribution is 1.10. The van der Waals surface area contributed by atoms with Crippen molar-refractivity contribution in [3.8, 4) is 89.8 Å². The molecule has 0 atom stereocenters. The standard InChI is InChI=1S/C64H44N2/c1-7-20-45(21-8-1)51-32-19-33-52(42-51)64-56-37-35-53(65-59(46-22-9-2-10-23-46)38-39-60(65)47-24-11-3-12-25-47)43-57(56)63(50-30-17-6-18-31-50)55-36-34-54(44-58(55)64)66-61(48-26-13-4-14-27-48)40-41-62(66)49-28-15-5-16-29-49/h1-44H. The SMILES string of the molecule is c1ccc(-c2cccc(-c3c4ccc(-n5c(-c6ccccc6)ccc5-c5ccccc5)cc4c(-c4ccccc4)c4ccc(-n5c(-c6ccccc6)ccc5-c5ccccc5)cc34)c2)cc1. The minimum atomic E-state index is 1.10.